The molecule has 0 heterocycles. The van der Waals surface area contributed by atoms with E-state index in [1.54, 1.807) is 76.7 Å². The molecule has 0 N–H and O–H groups in total. The van der Waals surface area contributed by atoms with Crippen molar-refractivity contribution in [1.82, 2.24) is 0 Å². The first-order chi connectivity index (χ1) is 27.3. The quantitative estimate of drug-likeness (QED) is 0.230. The molecule has 5 heteroatoms. The van der Waals surface area contributed by atoms with Gasteiger partial charge < -0.3 is 0 Å². The predicted molar refractivity (Wildman–Crippen MR) is 265 cm³/mol. The third-order valence-corrected chi connectivity index (χ3v) is 15.2. The maximum absolute atomic E-state index is 5.52. The molecular formula is C55H70Cl4Zr-4. The van der Waals surface area contributed by atoms with E-state index in [1.807, 2.05) is 0 Å². The third-order valence-electron chi connectivity index (χ3n) is 14.7. The van der Waals surface area contributed by atoms with Gasteiger partial charge in [-0.25, -0.2) is 12.0 Å². The van der Waals surface area contributed by atoms with E-state index < -0.39 is 0 Å². The van der Waals surface area contributed by atoms with E-state index in [1.165, 1.54) is 73.0 Å². The zero-order valence-electron chi connectivity index (χ0n) is 38.4. The molecule has 3 aromatic carbocycles. The van der Waals surface area contributed by atoms with Gasteiger partial charge >= 0.3 is 28.4 Å². The minimum atomic E-state index is 0. The molecule has 0 nitrogen and oxygen atoms in total. The molecule has 0 amide bonds. The number of benzene rings is 3. The van der Waals surface area contributed by atoms with Gasteiger partial charge in [0.25, 0.3) is 0 Å². The number of hydrogen-bond donors (Lipinski definition) is 0. The Kier molecular flexibility index (Phi) is 20.5. The number of rotatable bonds is 3. The Morgan fingerprint density at radius 2 is 1.38 bits per heavy atom. The normalized spacial score (nSPS) is 22.9. The zero-order chi connectivity index (χ0) is 43.1. The first kappa shape index (κ1) is 54.3. The van der Waals surface area contributed by atoms with Crippen LogP contribution in [0.25, 0.3) is 5.57 Å². The van der Waals surface area contributed by atoms with Gasteiger partial charge in [0, 0.05) is 0 Å². The second-order valence-corrected chi connectivity index (χ2v) is 20.0. The van der Waals surface area contributed by atoms with E-state index in [9.17, 15) is 0 Å². The molecule has 0 aromatic heterocycles. The Morgan fingerprint density at radius 3 is 1.87 bits per heavy atom. The summed E-state index contributed by atoms with van der Waals surface area (Å²) in [6.07, 6.45) is 20.4. The first-order valence-corrected chi connectivity index (χ1v) is 23.8. The third kappa shape index (κ3) is 11.1. The molecule has 5 aliphatic carbocycles. The molecule has 0 spiro atoms. The molecule has 8 rings (SSSR count). The van der Waals surface area contributed by atoms with Crippen LogP contribution in [0.1, 0.15) is 126 Å². The number of halogens is 4. The fraction of sp³-hybridized carbons (Fsp3) is 0.455. The summed E-state index contributed by atoms with van der Waals surface area (Å²) in [5.74, 6) is 2.83. The number of allylic oxidation sites excluding steroid dienone is 10. The van der Waals surface area contributed by atoms with Gasteiger partial charge in [0.1, 0.15) is 0 Å². The van der Waals surface area contributed by atoms with Crippen LogP contribution < -0.4 is 0 Å². The summed E-state index contributed by atoms with van der Waals surface area (Å²) in [7, 11) is 0. The molecule has 1 saturated carbocycles. The molecule has 1 fully saturated rings. The summed E-state index contributed by atoms with van der Waals surface area (Å²) in [5.41, 5.74) is 12.1. The molecule has 3 aromatic rings. The fourth-order valence-corrected chi connectivity index (χ4v) is 10.1. The Bertz CT molecular complexity index is 1950. The van der Waals surface area contributed by atoms with Crippen molar-refractivity contribution in [2.24, 2.45) is 38.9 Å². The zero-order valence-corrected chi connectivity index (χ0v) is 44.0. The van der Waals surface area contributed by atoms with Gasteiger partial charge in [0.05, 0.1) is 0 Å². The van der Waals surface area contributed by atoms with Crippen molar-refractivity contribution in [3.05, 3.63) is 165 Å². The molecule has 0 saturated heterocycles. The Morgan fingerprint density at radius 1 is 0.833 bits per heavy atom. The van der Waals surface area contributed by atoms with Gasteiger partial charge in [-0.05, 0) is 40.6 Å². The summed E-state index contributed by atoms with van der Waals surface area (Å²) in [6.45, 7) is 29.3. The van der Waals surface area contributed by atoms with E-state index in [2.05, 4.69) is 154 Å². The summed E-state index contributed by atoms with van der Waals surface area (Å²) >= 11 is 12.3. The van der Waals surface area contributed by atoms with Gasteiger partial charge in [-0.2, -0.15) is 83.5 Å². The molecule has 326 valence electrons. The van der Waals surface area contributed by atoms with Crippen molar-refractivity contribution in [2.45, 2.75) is 122 Å². The molecule has 0 bridgehead atoms. The number of hydrogen-bond acceptors (Lipinski definition) is 0. The summed E-state index contributed by atoms with van der Waals surface area (Å²) in [6, 6.07) is 29.2. The number of fused-ring (bicyclic) bond motifs is 6. The van der Waals surface area contributed by atoms with E-state index in [4.69, 9.17) is 23.2 Å². The van der Waals surface area contributed by atoms with Crippen molar-refractivity contribution < 1.29 is 24.2 Å². The molecule has 60 heavy (non-hydrogen) atoms. The fourth-order valence-electron chi connectivity index (χ4n) is 9.87. The van der Waals surface area contributed by atoms with Crippen LogP contribution >= 0.6 is 48.0 Å². The van der Waals surface area contributed by atoms with Crippen LogP contribution in [0.4, 0.5) is 0 Å². The van der Waals surface area contributed by atoms with E-state index >= 15 is 0 Å². The Hall–Kier alpha value is -1.86. The standard InChI is InChI=1S/C29H37.C13H21.2C6H4Cl.CH2.2ClH.Zr/c1-18-25-22-17-19-13-9-10-14-20(19)24(22)21-15-11-12-16-23(21)29(25,8)28(6,7)27(4,5)26(18,2)3;1-5-6-7-11-8-9-12(10-11)13(2,3)4;2*7-6-4-2-1-3-5-6;;;;/h9-11,13-15,23H,12,16-17H2,1-8H3;9-11H,5-7H2,1-4H3;2*2-5H;1H2;2*1H;/q4*-1;;;;. The molecule has 0 aliphatic heterocycles. The van der Waals surface area contributed by atoms with Crippen LogP contribution in [-0.4, -0.2) is 4.21 Å². The average molecular weight is 964 g/mol. The molecule has 5 aliphatic rings. The number of unbranched alkanes of at least 4 members (excludes halogenated alkanes) is 1. The Balaban J connectivity index is 0.000000330. The van der Waals surface area contributed by atoms with Crippen molar-refractivity contribution in [3.8, 4) is 0 Å². The first-order valence-electron chi connectivity index (χ1n) is 21.3. The molecule has 3 atom stereocenters. The van der Waals surface area contributed by atoms with Gasteiger partial charge in [-0.3, -0.25) is 6.08 Å². The Labute approximate surface area is 404 Å². The second-order valence-electron chi connectivity index (χ2n) is 19.1. The van der Waals surface area contributed by atoms with Gasteiger partial charge in [-0.1, -0.05) is 182 Å². The monoisotopic (exact) mass is 960 g/mol. The minimum absolute atomic E-state index is 0. The van der Waals surface area contributed by atoms with Crippen molar-refractivity contribution in [1.29, 1.82) is 0 Å². The van der Waals surface area contributed by atoms with E-state index in [0.29, 0.717) is 17.3 Å². The van der Waals surface area contributed by atoms with Crippen molar-refractivity contribution >= 4 is 57.8 Å². The van der Waals surface area contributed by atoms with E-state index in [0.717, 1.165) is 16.5 Å². The SMILES string of the molecule is CCCCC1[C-]=CC(C(C)(C)C)=C1.C[C-]1C2=C3Cc4ccccc4C3=C3C=CCCC3C2(C)C(C)(C)C(C)(C)C1(C)C.Cl.Cl.Clc1cc[c-]cc1.Clc1cc[c-]cc1.[CH2]=[Zr]. The molecule has 0 radical (unpaired) electrons. The van der Waals surface area contributed by atoms with E-state index in [-0.39, 0.29) is 46.5 Å². The van der Waals surface area contributed by atoms with Gasteiger partial charge in [-0.15, -0.1) is 54.9 Å². The van der Waals surface area contributed by atoms with Crippen molar-refractivity contribution in [3.63, 3.8) is 0 Å². The summed E-state index contributed by atoms with van der Waals surface area (Å²) in [5, 5.41) is 1.53. The molecular weight excluding hydrogens is 894 g/mol. The topological polar surface area (TPSA) is 0 Å². The second kappa shape index (κ2) is 22.7. The average Bonchev–Trinajstić information content (AvgIpc) is 3.84. The summed E-state index contributed by atoms with van der Waals surface area (Å²) in [4.78, 5) is 0. The van der Waals surface area contributed by atoms with Crippen LogP contribution in [0, 0.1) is 63.0 Å². The van der Waals surface area contributed by atoms with Crippen LogP contribution in [0.2, 0.25) is 10.0 Å². The van der Waals surface area contributed by atoms with Crippen LogP contribution in [0.5, 0.6) is 0 Å². The van der Waals surface area contributed by atoms with Crippen LogP contribution in [-0.2, 0) is 30.7 Å². The predicted octanol–water partition coefficient (Wildman–Crippen LogP) is 17.2. The van der Waals surface area contributed by atoms with Gasteiger partial charge in [0.2, 0.25) is 0 Å². The van der Waals surface area contributed by atoms with Crippen LogP contribution in [0.15, 0.2) is 119 Å². The van der Waals surface area contributed by atoms with Crippen LogP contribution in [0.3, 0.4) is 0 Å². The van der Waals surface area contributed by atoms with Gasteiger partial charge in [0.15, 0.2) is 0 Å². The summed E-state index contributed by atoms with van der Waals surface area (Å²) < 4.78 is 3.34. The maximum atomic E-state index is 5.52. The molecule has 3 unspecified atom stereocenters. The van der Waals surface area contributed by atoms with Crippen molar-refractivity contribution in [2.75, 3.05) is 0 Å².